The van der Waals surface area contributed by atoms with Gasteiger partial charge in [-0.05, 0) is 5.60 Å². The Kier molecular flexibility index (Phi) is 4.53. The summed E-state index contributed by atoms with van der Waals surface area (Å²) in [5.74, 6) is 0. The van der Waals surface area contributed by atoms with Crippen LogP contribution in [-0.4, -0.2) is 13.5 Å². The van der Waals surface area contributed by atoms with Crippen molar-refractivity contribution in [3.63, 3.8) is 0 Å². The fourth-order valence-corrected chi connectivity index (χ4v) is 1.77. The number of halogens is 3. The van der Waals surface area contributed by atoms with Crippen LogP contribution in [0.2, 0.25) is 0 Å². The molecule has 0 rings (SSSR count). The van der Waals surface area contributed by atoms with E-state index in [4.69, 9.17) is 33.6 Å². The zero-order valence-electron chi connectivity index (χ0n) is 5.20. The standard InChI is InChI=1S/C4H6BCl3NSi/c1-3-10(7,8)9-4(2)5-6/h3,9H,1-2H2. The van der Waals surface area contributed by atoms with Crippen LogP contribution >= 0.6 is 33.6 Å². The van der Waals surface area contributed by atoms with Crippen LogP contribution in [0.1, 0.15) is 0 Å². The quantitative estimate of drug-likeness (QED) is 0.557. The Labute approximate surface area is 76.7 Å². The van der Waals surface area contributed by atoms with Crippen molar-refractivity contribution in [2.24, 2.45) is 0 Å². The van der Waals surface area contributed by atoms with Crippen LogP contribution in [-0.2, 0) is 0 Å². The molecule has 1 radical (unpaired) electrons. The average Bonchev–Trinajstić information content (AvgIpc) is 1.87. The van der Waals surface area contributed by atoms with E-state index < -0.39 is 6.86 Å². The summed E-state index contributed by atoms with van der Waals surface area (Å²) in [6.07, 6.45) is 0. The third-order valence-corrected chi connectivity index (χ3v) is 3.64. The van der Waals surface area contributed by atoms with Gasteiger partial charge in [-0.3, -0.25) is 0 Å². The first kappa shape index (κ1) is 10.4. The van der Waals surface area contributed by atoms with Gasteiger partial charge < -0.3 is 4.98 Å². The summed E-state index contributed by atoms with van der Waals surface area (Å²) in [4.78, 5) is 2.73. The first-order valence-electron chi connectivity index (χ1n) is 2.44. The molecule has 0 aliphatic heterocycles. The Morgan fingerprint density at radius 3 is 2.40 bits per heavy atom. The highest BCUT2D eigenvalue weighted by Gasteiger charge is 2.24. The Morgan fingerprint density at radius 1 is 1.60 bits per heavy atom. The van der Waals surface area contributed by atoms with Crippen LogP contribution in [0.5, 0.6) is 0 Å². The molecular formula is C4H6BCl3NSi. The van der Waals surface area contributed by atoms with Gasteiger partial charge in [0.05, 0.1) is 0 Å². The molecule has 0 fully saturated rings. The average molecular weight is 213 g/mol. The zero-order valence-corrected chi connectivity index (χ0v) is 8.47. The molecule has 0 aromatic heterocycles. The van der Waals surface area contributed by atoms with Crippen molar-refractivity contribution in [2.75, 3.05) is 0 Å². The molecule has 1 N–H and O–H groups in total. The second-order valence-corrected chi connectivity index (χ2v) is 7.87. The van der Waals surface area contributed by atoms with E-state index in [2.05, 4.69) is 18.1 Å². The summed E-state index contributed by atoms with van der Waals surface area (Å²) in [6.45, 7) is 5.74. The topological polar surface area (TPSA) is 12.0 Å². The van der Waals surface area contributed by atoms with Crippen molar-refractivity contribution >= 4 is 47.2 Å². The van der Waals surface area contributed by atoms with Crippen LogP contribution in [0.4, 0.5) is 0 Å². The molecule has 6 heteroatoms. The van der Waals surface area contributed by atoms with E-state index in [1.807, 2.05) is 0 Å². The summed E-state index contributed by atoms with van der Waals surface area (Å²) in [6, 6.07) is 0. The van der Waals surface area contributed by atoms with E-state index in [0.29, 0.717) is 5.60 Å². The molecule has 10 heavy (non-hydrogen) atoms. The highest BCUT2D eigenvalue weighted by atomic mass is 35.7. The monoisotopic (exact) mass is 212 g/mol. The third kappa shape index (κ3) is 4.28. The van der Waals surface area contributed by atoms with Gasteiger partial charge in [0, 0.05) is 0 Å². The number of nitrogens with one attached hydrogen (secondary N) is 1. The molecule has 0 amide bonds. The summed E-state index contributed by atoms with van der Waals surface area (Å²) in [5, 5.41) is 0. The van der Waals surface area contributed by atoms with Gasteiger partial charge in [0.15, 0.2) is 0 Å². The van der Waals surface area contributed by atoms with Crippen molar-refractivity contribution in [1.82, 2.24) is 4.98 Å². The van der Waals surface area contributed by atoms with Crippen molar-refractivity contribution < 1.29 is 0 Å². The van der Waals surface area contributed by atoms with Crippen molar-refractivity contribution in [1.29, 1.82) is 0 Å². The number of rotatable bonds is 4. The van der Waals surface area contributed by atoms with E-state index >= 15 is 0 Å². The SMILES string of the molecule is C=C[Si](Cl)(Cl)NC(=C)[B]Cl. The predicted octanol–water partition coefficient (Wildman–Crippen LogP) is 2.05. The highest BCUT2D eigenvalue weighted by Crippen LogP contribution is 2.12. The first-order valence-corrected chi connectivity index (χ1v) is 6.97. The Bertz CT molecular complexity index is 149. The molecule has 0 saturated heterocycles. The molecule has 55 valence electrons. The Balaban J connectivity index is 3.88. The maximum atomic E-state index is 5.73. The van der Waals surface area contributed by atoms with Crippen LogP contribution in [0.3, 0.4) is 0 Å². The molecule has 0 atom stereocenters. The lowest BCUT2D eigenvalue weighted by Gasteiger charge is -2.14. The molecule has 0 unspecified atom stereocenters. The molecule has 0 aliphatic rings. The normalized spacial score (nSPS) is 10.3. The summed E-state index contributed by atoms with van der Waals surface area (Å²) in [5.41, 5.74) is 1.97. The lowest BCUT2D eigenvalue weighted by molar-refractivity contribution is 1.31. The Hall–Kier alpha value is 0.432. The van der Waals surface area contributed by atoms with Crippen LogP contribution in [0.25, 0.3) is 0 Å². The number of hydrogen-bond acceptors (Lipinski definition) is 1. The van der Waals surface area contributed by atoms with E-state index in [0.717, 1.165) is 0 Å². The number of hydrogen-bond donors (Lipinski definition) is 1. The summed E-state index contributed by atoms with van der Waals surface area (Å²) in [7, 11) is 0. The summed E-state index contributed by atoms with van der Waals surface area (Å²) < 4.78 is 0. The molecule has 0 bridgehead atoms. The molecule has 0 spiro atoms. The van der Waals surface area contributed by atoms with Crippen molar-refractivity contribution in [2.45, 2.75) is 0 Å². The maximum absolute atomic E-state index is 5.73. The molecular weight excluding hydrogens is 207 g/mol. The minimum Gasteiger partial charge on any atom is -0.395 e. The van der Waals surface area contributed by atoms with E-state index in [1.54, 1.807) is 0 Å². The smallest absolute Gasteiger partial charge is 0.374 e. The van der Waals surface area contributed by atoms with Gasteiger partial charge >= 0.3 is 6.86 Å². The van der Waals surface area contributed by atoms with E-state index in [9.17, 15) is 0 Å². The van der Waals surface area contributed by atoms with Crippen molar-refractivity contribution in [3.8, 4) is 0 Å². The minimum absolute atomic E-state index is 0.498. The second kappa shape index (κ2) is 4.34. The van der Waals surface area contributed by atoms with Gasteiger partial charge in [-0.1, -0.05) is 12.3 Å². The fourth-order valence-electron chi connectivity index (χ4n) is 0.292. The van der Waals surface area contributed by atoms with Gasteiger partial charge in [0.2, 0.25) is 0 Å². The molecule has 1 nitrogen and oxygen atoms in total. The Morgan fingerprint density at radius 2 is 2.10 bits per heavy atom. The van der Waals surface area contributed by atoms with Crippen LogP contribution < -0.4 is 4.98 Å². The lowest BCUT2D eigenvalue weighted by atomic mass is 10.1. The molecule has 0 aromatic carbocycles. The van der Waals surface area contributed by atoms with Gasteiger partial charge in [-0.15, -0.1) is 28.7 Å². The van der Waals surface area contributed by atoms with Crippen molar-refractivity contribution in [3.05, 3.63) is 24.5 Å². The molecule has 0 heterocycles. The van der Waals surface area contributed by atoms with Gasteiger partial charge in [0.25, 0.3) is 6.69 Å². The van der Waals surface area contributed by atoms with E-state index in [1.165, 1.54) is 12.4 Å². The second-order valence-electron chi connectivity index (χ2n) is 1.59. The minimum atomic E-state index is -2.52. The summed E-state index contributed by atoms with van der Waals surface area (Å²) >= 11 is 16.8. The highest BCUT2D eigenvalue weighted by molar-refractivity contribution is 7.46. The van der Waals surface area contributed by atoms with Gasteiger partial charge in [0.1, 0.15) is 0 Å². The fraction of sp³-hybridized carbons (Fsp3) is 0. The van der Waals surface area contributed by atoms with Crippen LogP contribution in [0.15, 0.2) is 24.5 Å². The zero-order chi connectivity index (χ0) is 8.20. The van der Waals surface area contributed by atoms with E-state index in [-0.39, 0.29) is 0 Å². The van der Waals surface area contributed by atoms with Crippen LogP contribution in [0, 0.1) is 0 Å². The molecule has 0 aliphatic carbocycles. The lowest BCUT2D eigenvalue weighted by Crippen LogP contribution is -2.38. The molecule has 0 saturated carbocycles. The predicted molar refractivity (Wildman–Crippen MR) is 51.5 cm³/mol. The maximum Gasteiger partial charge on any atom is 0.374 e. The largest absolute Gasteiger partial charge is 0.395 e. The molecule has 0 aromatic rings. The third-order valence-electron chi connectivity index (χ3n) is 0.715. The van der Waals surface area contributed by atoms with Gasteiger partial charge in [-0.2, -0.15) is 11.5 Å². The first-order chi connectivity index (χ1) is 4.52. The van der Waals surface area contributed by atoms with Gasteiger partial charge in [-0.25, -0.2) is 0 Å².